The van der Waals surface area contributed by atoms with Crippen molar-refractivity contribution in [3.8, 4) is 0 Å². The summed E-state index contributed by atoms with van der Waals surface area (Å²) in [7, 11) is 0. The maximum atomic E-state index is 11.6. The quantitative estimate of drug-likeness (QED) is 0.745. The van der Waals surface area contributed by atoms with Crippen LogP contribution >= 0.6 is 0 Å². The number of nitrogens with one attached hydrogen (secondary N) is 2. The van der Waals surface area contributed by atoms with Crippen LogP contribution in [-0.2, 0) is 13.0 Å². The van der Waals surface area contributed by atoms with E-state index in [0.717, 1.165) is 0 Å². The summed E-state index contributed by atoms with van der Waals surface area (Å²) in [5, 5.41) is 0. The van der Waals surface area contributed by atoms with E-state index >= 15 is 0 Å². The second kappa shape index (κ2) is 4.25. The largest absolute Gasteiger partial charge is 0.336 e. The first-order valence-corrected chi connectivity index (χ1v) is 5.11. The van der Waals surface area contributed by atoms with Gasteiger partial charge >= 0.3 is 5.69 Å². The topological polar surface area (TPSA) is 83.5 Å². The summed E-state index contributed by atoms with van der Waals surface area (Å²) < 4.78 is 1.35. The Morgan fingerprint density at radius 1 is 1.24 bits per heavy atom. The van der Waals surface area contributed by atoms with Crippen molar-refractivity contribution in [2.75, 3.05) is 0 Å². The monoisotopic (exact) mass is 232 g/mol. The number of hydrogen-bond donors (Lipinski definition) is 2. The molecule has 0 fully saturated rings. The minimum Gasteiger partial charge on any atom is -0.336 e. The van der Waals surface area contributed by atoms with Crippen molar-refractivity contribution in [1.82, 2.24) is 19.5 Å². The lowest BCUT2D eigenvalue weighted by molar-refractivity contribution is 0.765. The third kappa shape index (κ3) is 1.84. The lowest BCUT2D eigenvalue weighted by atomic mass is 10.4. The number of aromatic nitrogens is 4. The Morgan fingerprint density at radius 2 is 2.00 bits per heavy atom. The molecular weight excluding hydrogens is 220 g/mol. The molecule has 0 unspecified atom stereocenters. The van der Waals surface area contributed by atoms with E-state index in [0.29, 0.717) is 30.0 Å². The highest BCUT2D eigenvalue weighted by atomic mass is 16.2. The van der Waals surface area contributed by atoms with Crippen molar-refractivity contribution >= 4 is 11.2 Å². The fourth-order valence-electron chi connectivity index (χ4n) is 1.62. The molecule has 6 nitrogen and oxygen atoms in total. The standard InChI is InChI=1S/C11H12N4O2/c1-3-5-7-12-8-9(13-7)15(6-4-2)11(17)14-10(8)16/h3-4H,1-2,5-6H2,(H,12,13)(H,14,16,17). The van der Waals surface area contributed by atoms with Gasteiger partial charge < -0.3 is 4.98 Å². The molecule has 88 valence electrons. The van der Waals surface area contributed by atoms with Crippen LogP contribution in [0, 0.1) is 0 Å². The van der Waals surface area contributed by atoms with E-state index in [1.807, 2.05) is 0 Å². The lowest BCUT2D eigenvalue weighted by Gasteiger charge is -2.00. The first-order valence-electron chi connectivity index (χ1n) is 5.11. The van der Waals surface area contributed by atoms with Crippen molar-refractivity contribution in [3.05, 3.63) is 52.0 Å². The van der Waals surface area contributed by atoms with Gasteiger partial charge in [-0.15, -0.1) is 13.2 Å². The Bertz CT molecular complexity index is 690. The van der Waals surface area contributed by atoms with Crippen molar-refractivity contribution in [2.24, 2.45) is 0 Å². The lowest BCUT2D eigenvalue weighted by Crippen LogP contribution is -2.30. The normalized spacial score (nSPS) is 10.6. The molecule has 0 bridgehead atoms. The van der Waals surface area contributed by atoms with Crippen molar-refractivity contribution < 1.29 is 0 Å². The van der Waals surface area contributed by atoms with Gasteiger partial charge in [0.25, 0.3) is 5.56 Å². The van der Waals surface area contributed by atoms with Crippen LogP contribution < -0.4 is 11.2 Å². The average Bonchev–Trinajstić information content (AvgIpc) is 2.69. The summed E-state index contributed by atoms with van der Waals surface area (Å²) in [6.45, 7) is 7.45. The molecule has 2 N–H and O–H groups in total. The van der Waals surface area contributed by atoms with Gasteiger partial charge in [0.2, 0.25) is 0 Å². The summed E-state index contributed by atoms with van der Waals surface area (Å²) in [5.41, 5.74) is -0.314. The van der Waals surface area contributed by atoms with Crippen LogP contribution in [0.15, 0.2) is 34.9 Å². The first kappa shape index (κ1) is 11.1. The van der Waals surface area contributed by atoms with Gasteiger partial charge in [-0.3, -0.25) is 14.3 Å². The smallest absolute Gasteiger partial charge is 0.330 e. The van der Waals surface area contributed by atoms with Crippen molar-refractivity contribution in [1.29, 1.82) is 0 Å². The zero-order valence-corrected chi connectivity index (χ0v) is 9.19. The molecule has 0 saturated heterocycles. The second-order valence-electron chi connectivity index (χ2n) is 3.53. The predicted molar refractivity (Wildman–Crippen MR) is 65.1 cm³/mol. The maximum Gasteiger partial charge on any atom is 0.330 e. The summed E-state index contributed by atoms with van der Waals surface area (Å²) in [4.78, 5) is 32.5. The predicted octanol–water partition coefficient (Wildman–Crippen LogP) is 0.327. The molecule has 2 aromatic heterocycles. The highest BCUT2D eigenvalue weighted by Gasteiger charge is 2.11. The number of hydrogen-bond acceptors (Lipinski definition) is 3. The molecule has 2 rings (SSSR count). The first-order chi connectivity index (χ1) is 8.17. The van der Waals surface area contributed by atoms with Crippen molar-refractivity contribution in [2.45, 2.75) is 13.0 Å². The molecule has 0 aliphatic heterocycles. The molecule has 0 aliphatic carbocycles. The minimum atomic E-state index is -0.487. The zero-order chi connectivity index (χ0) is 12.4. The number of allylic oxidation sites excluding steroid dienone is 2. The molecule has 0 radical (unpaired) electrons. The summed E-state index contributed by atoms with van der Waals surface area (Å²) in [6.07, 6.45) is 3.75. The number of fused-ring (bicyclic) bond motifs is 1. The van der Waals surface area contributed by atoms with Crippen LogP contribution in [0.25, 0.3) is 11.2 Å². The van der Waals surface area contributed by atoms with Crippen LogP contribution in [0.2, 0.25) is 0 Å². The zero-order valence-electron chi connectivity index (χ0n) is 9.19. The molecular formula is C11H12N4O2. The van der Waals surface area contributed by atoms with Crippen LogP contribution in [0.3, 0.4) is 0 Å². The Hall–Kier alpha value is -2.37. The fraction of sp³-hybridized carbons (Fsp3) is 0.182. The second-order valence-corrected chi connectivity index (χ2v) is 3.53. The van der Waals surface area contributed by atoms with E-state index < -0.39 is 11.2 Å². The van der Waals surface area contributed by atoms with E-state index in [4.69, 9.17) is 0 Å². The van der Waals surface area contributed by atoms with Crippen LogP contribution in [0.4, 0.5) is 0 Å². The number of nitrogens with zero attached hydrogens (tertiary/aromatic N) is 2. The average molecular weight is 232 g/mol. The highest BCUT2D eigenvalue weighted by molar-refractivity contribution is 5.69. The molecule has 0 aromatic carbocycles. The third-order valence-corrected chi connectivity index (χ3v) is 2.33. The molecule has 0 aliphatic rings. The van der Waals surface area contributed by atoms with E-state index in [1.54, 1.807) is 12.2 Å². The number of aromatic amines is 2. The maximum absolute atomic E-state index is 11.6. The van der Waals surface area contributed by atoms with Gasteiger partial charge in [-0.05, 0) is 0 Å². The summed E-state index contributed by atoms with van der Waals surface area (Å²) in [5.74, 6) is 0.601. The minimum absolute atomic E-state index is 0.295. The summed E-state index contributed by atoms with van der Waals surface area (Å²) in [6, 6.07) is 0. The third-order valence-electron chi connectivity index (χ3n) is 2.33. The highest BCUT2D eigenvalue weighted by Crippen LogP contribution is 2.05. The molecule has 0 saturated carbocycles. The summed E-state index contributed by atoms with van der Waals surface area (Å²) >= 11 is 0. The van der Waals surface area contributed by atoms with Crippen LogP contribution in [-0.4, -0.2) is 19.5 Å². The van der Waals surface area contributed by atoms with Gasteiger partial charge in [0.15, 0.2) is 5.65 Å². The fourth-order valence-corrected chi connectivity index (χ4v) is 1.62. The van der Waals surface area contributed by atoms with E-state index in [2.05, 4.69) is 28.1 Å². The Morgan fingerprint density at radius 3 is 2.65 bits per heavy atom. The van der Waals surface area contributed by atoms with Gasteiger partial charge in [0.1, 0.15) is 11.3 Å². The van der Waals surface area contributed by atoms with Crippen molar-refractivity contribution in [3.63, 3.8) is 0 Å². The molecule has 6 heteroatoms. The van der Waals surface area contributed by atoms with E-state index in [-0.39, 0.29) is 0 Å². The Kier molecular flexibility index (Phi) is 2.78. The van der Waals surface area contributed by atoms with Crippen LogP contribution in [0.5, 0.6) is 0 Å². The van der Waals surface area contributed by atoms with E-state index in [9.17, 15) is 9.59 Å². The van der Waals surface area contributed by atoms with Gasteiger partial charge in [-0.1, -0.05) is 12.2 Å². The number of H-pyrrole nitrogens is 2. The van der Waals surface area contributed by atoms with Gasteiger partial charge in [-0.2, -0.15) is 0 Å². The molecule has 0 atom stereocenters. The van der Waals surface area contributed by atoms with Gasteiger partial charge in [-0.25, -0.2) is 9.78 Å². The Balaban J connectivity index is 2.80. The van der Waals surface area contributed by atoms with E-state index in [1.165, 1.54) is 4.57 Å². The SMILES string of the molecule is C=CCc1nc2c([nH]1)c(=O)[nH]c(=O)n2CC=C. The molecule has 17 heavy (non-hydrogen) atoms. The molecule has 0 spiro atoms. The molecule has 2 heterocycles. The van der Waals surface area contributed by atoms with Gasteiger partial charge in [0, 0.05) is 13.0 Å². The number of rotatable bonds is 4. The molecule has 2 aromatic rings. The number of imidazole rings is 1. The van der Waals surface area contributed by atoms with Crippen LogP contribution in [0.1, 0.15) is 5.82 Å². The molecule has 0 amide bonds. The Labute approximate surface area is 96.3 Å². The van der Waals surface area contributed by atoms with Gasteiger partial charge in [0.05, 0.1) is 0 Å².